The highest BCUT2D eigenvalue weighted by atomic mass is 16.5. The fourth-order valence-corrected chi connectivity index (χ4v) is 5.04. The number of allylic oxidation sites excluding steroid dienone is 3. The molecule has 0 aromatic rings. The Labute approximate surface area is 172 Å². The average molecular weight is 389 g/mol. The van der Waals surface area contributed by atoms with Gasteiger partial charge in [0, 0.05) is 18.8 Å². The molecule has 2 aliphatic carbocycles. The summed E-state index contributed by atoms with van der Waals surface area (Å²) in [6.07, 6.45) is 16.1. The molecular formula is C25H40O3. The fourth-order valence-electron chi connectivity index (χ4n) is 5.04. The highest BCUT2D eigenvalue weighted by molar-refractivity contribution is 5.84. The Morgan fingerprint density at radius 3 is 2.61 bits per heavy atom. The van der Waals surface area contributed by atoms with E-state index in [-0.39, 0.29) is 17.8 Å². The SMILES string of the molecule is C=C1CCC(CCOC(=O)CC2CCC(=O)C2C/C=C\CC)C1CCCCC. The molecule has 0 heterocycles. The molecule has 0 N–H and O–H groups in total. The first-order valence-electron chi connectivity index (χ1n) is 11.6. The summed E-state index contributed by atoms with van der Waals surface area (Å²) in [7, 11) is 0. The summed E-state index contributed by atoms with van der Waals surface area (Å²) < 4.78 is 5.59. The van der Waals surface area contributed by atoms with Crippen molar-refractivity contribution in [1.82, 2.24) is 0 Å². The highest BCUT2D eigenvalue weighted by Crippen LogP contribution is 2.41. The van der Waals surface area contributed by atoms with Gasteiger partial charge in [-0.25, -0.2) is 0 Å². The van der Waals surface area contributed by atoms with Gasteiger partial charge in [0.25, 0.3) is 0 Å². The summed E-state index contributed by atoms with van der Waals surface area (Å²) >= 11 is 0. The van der Waals surface area contributed by atoms with E-state index in [2.05, 4.69) is 32.6 Å². The maximum absolute atomic E-state index is 12.3. The number of unbranched alkanes of at least 4 members (excludes halogenated alkanes) is 2. The standard InChI is InChI=1S/C25H40O3/c1-4-6-8-10-22-19(3)12-13-20(22)16-17-28-25(27)18-21-14-15-24(26)23(21)11-9-7-5-2/h7,9,20-23H,3-6,8,10-18H2,1-2H3/b9-7-. The molecule has 0 radical (unpaired) electrons. The molecule has 2 aliphatic rings. The van der Waals surface area contributed by atoms with Crippen molar-refractivity contribution in [3.05, 3.63) is 24.3 Å². The minimum Gasteiger partial charge on any atom is -0.466 e. The van der Waals surface area contributed by atoms with Crippen molar-refractivity contribution in [3.8, 4) is 0 Å². The van der Waals surface area contributed by atoms with E-state index in [0.29, 0.717) is 37.1 Å². The first kappa shape index (κ1) is 22.9. The highest BCUT2D eigenvalue weighted by Gasteiger charge is 2.35. The van der Waals surface area contributed by atoms with E-state index < -0.39 is 0 Å². The summed E-state index contributed by atoms with van der Waals surface area (Å²) in [5.41, 5.74) is 1.40. The number of carbonyl (C=O) groups is 2. The lowest BCUT2D eigenvalue weighted by Crippen LogP contribution is -2.20. The van der Waals surface area contributed by atoms with Crippen molar-refractivity contribution in [1.29, 1.82) is 0 Å². The molecule has 0 spiro atoms. The fraction of sp³-hybridized carbons (Fsp3) is 0.760. The summed E-state index contributed by atoms with van der Waals surface area (Å²) in [5.74, 6) is 1.61. The predicted octanol–water partition coefficient (Wildman–Crippen LogP) is 6.42. The normalized spacial score (nSPS) is 27.8. The van der Waals surface area contributed by atoms with Gasteiger partial charge in [-0.3, -0.25) is 9.59 Å². The van der Waals surface area contributed by atoms with Gasteiger partial charge in [-0.05, 0) is 62.7 Å². The van der Waals surface area contributed by atoms with Gasteiger partial charge < -0.3 is 4.74 Å². The molecule has 0 saturated heterocycles. The van der Waals surface area contributed by atoms with Crippen LogP contribution in [0.4, 0.5) is 0 Å². The summed E-state index contributed by atoms with van der Waals surface area (Å²) in [6.45, 7) is 9.13. The van der Waals surface area contributed by atoms with Crippen molar-refractivity contribution in [2.24, 2.45) is 23.7 Å². The Balaban J connectivity index is 1.72. The molecule has 0 bridgehead atoms. The third kappa shape index (κ3) is 6.90. The van der Waals surface area contributed by atoms with Crippen LogP contribution in [-0.2, 0) is 14.3 Å². The first-order valence-corrected chi connectivity index (χ1v) is 11.6. The number of carbonyl (C=O) groups excluding carboxylic acids is 2. The van der Waals surface area contributed by atoms with Gasteiger partial charge in [-0.2, -0.15) is 0 Å². The Morgan fingerprint density at radius 1 is 1.07 bits per heavy atom. The molecule has 4 unspecified atom stereocenters. The quantitative estimate of drug-likeness (QED) is 0.220. The monoisotopic (exact) mass is 388 g/mol. The number of hydrogen-bond acceptors (Lipinski definition) is 3. The Hall–Kier alpha value is -1.38. The van der Waals surface area contributed by atoms with E-state index in [0.717, 1.165) is 32.1 Å². The number of ketones is 1. The van der Waals surface area contributed by atoms with Crippen LogP contribution < -0.4 is 0 Å². The molecule has 0 aromatic heterocycles. The van der Waals surface area contributed by atoms with Crippen molar-refractivity contribution < 1.29 is 14.3 Å². The second-order valence-electron chi connectivity index (χ2n) is 8.76. The van der Waals surface area contributed by atoms with E-state index in [9.17, 15) is 9.59 Å². The van der Waals surface area contributed by atoms with Gasteiger partial charge in [0.2, 0.25) is 0 Å². The van der Waals surface area contributed by atoms with Crippen LogP contribution in [-0.4, -0.2) is 18.4 Å². The molecule has 0 aromatic carbocycles. The van der Waals surface area contributed by atoms with E-state index in [1.165, 1.54) is 37.7 Å². The van der Waals surface area contributed by atoms with Crippen LogP contribution in [0.25, 0.3) is 0 Å². The molecule has 3 heteroatoms. The molecule has 2 rings (SSSR count). The van der Waals surface area contributed by atoms with E-state index >= 15 is 0 Å². The first-order chi connectivity index (χ1) is 13.6. The van der Waals surface area contributed by atoms with Crippen LogP contribution in [0.3, 0.4) is 0 Å². The van der Waals surface area contributed by atoms with Gasteiger partial charge in [0.1, 0.15) is 5.78 Å². The lowest BCUT2D eigenvalue weighted by Gasteiger charge is -2.21. The molecule has 0 amide bonds. The number of Topliss-reactive ketones (excluding diaryl/α,β-unsaturated/α-hetero) is 1. The molecular weight excluding hydrogens is 348 g/mol. The lowest BCUT2D eigenvalue weighted by atomic mass is 9.87. The predicted molar refractivity (Wildman–Crippen MR) is 115 cm³/mol. The zero-order valence-corrected chi connectivity index (χ0v) is 18.1. The van der Waals surface area contributed by atoms with Gasteiger partial charge >= 0.3 is 5.97 Å². The molecule has 2 saturated carbocycles. The number of ether oxygens (including phenoxy) is 1. The van der Waals surface area contributed by atoms with E-state index in [1.54, 1.807) is 0 Å². The summed E-state index contributed by atoms with van der Waals surface area (Å²) in [6, 6.07) is 0. The van der Waals surface area contributed by atoms with E-state index in [4.69, 9.17) is 4.74 Å². The largest absolute Gasteiger partial charge is 0.466 e. The molecule has 3 nitrogen and oxygen atoms in total. The van der Waals surface area contributed by atoms with Crippen molar-refractivity contribution in [2.75, 3.05) is 6.61 Å². The van der Waals surface area contributed by atoms with Crippen LogP contribution in [0.2, 0.25) is 0 Å². The number of rotatable bonds is 12. The zero-order chi connectivity index (χ0) is 20.4. The maximum Gasteiger partial charge on any atom is 0.306 e. The summed E-state index contributed by atoms with van der Waals surface area (Å²) in [5, 5.41) is 0. The third-order valence-corrected chi connectivity index (χ3v) is 6.77. The Bertz CT molecular complexity index is 548. The smallest absolute Gasteiger partial charge is 0.306 e. The maximum atomic E-state index is 12.3. The topological polar surface area (TPSA) is 43.4 Å². The van der Waals surface area contributed by atoms with Crippen molar-refractivity contribution in [3.63, 3.8) is 0 Å². The molecule has 28 heavy (non-hydrogen) atoms. The zero-order valence-electron chi connectivity index (χ0n) is 18.1. The molecule has 0 aliphatic heterocycles. The minimum atomic E-state index is -0.122. The Kier molecular flexibility index (Phi) is 10.0. The Morgan fingerprint density at radius 2 is 1.86 bits per heavy atom. The average Bonchev–Trinajstić information content (AvgIpc) is 3.19. The number of hydrogen-bond donors (Lipinski definition) is 0. The van der Waals surface area contributed by atoms with Crippen LogP contribution >= 0.6 is 0 Å². The van der Waals surface area contributed by atoms with Crippen LogP contribution in [0.5, 0.6) is 0 Å². The van der Waals surface area contributed by atoms with Gasteiger partial charge in [0.15, 0.2) is 0 Å². The molecule has 2 fully saturated rings. The second-order valence-corrected chi connectivity index (χ2v) is 8.76. The number of esters is 1. The molecule has 4 atom stereocenters. The van der Waals surface area contributed by atoms with E-state index in [1.807, 2.05) is 0 Å². The second kappa shape index (κ2) is 12.2. The van der Waals surface area contributed by atoms with Gasteiger partial charge in [0.05, 0.1) is 6.61 Å². The van der Waals surface area contributed by atoms with Crippen LogP contribution in [0, 0.1) is 23.7 Å². The van der Waals surface area contributed by atoms with Crippen LogP contribution in [0.1, 0.15) is 90.9 Å². The van der Waals surface area contributed by atoms with Crippen molar-refractivity contribution in [2.45, 2.75) is 90.9 Å². The van der Waals surface area contributed by atoms with Crippen molar-refractivity contribution >= 4 is 11.8 Å². The minimum absolute atomic E-state index is 0.0106. The van der Waals surface area contributed by atoms with Crippen LogP contribution in [0.15, 0.2) is 24.3 Å². The van der Waals surface area contributed by atoms with Gasteiger partial charge in [-0.1, -0.05) is 57.4 Å². The summed E-state index contributed by atoms with van der Waals surface area (Å²) in [4.78, 5) is 24.5. The molecule has 158 valence electrons. The lowest BCUT2D eigenvalue weighted by molar-refractivity contribution is -0.145. The van der Waals surface area contributed by atoms with Gasteiger partial charge in [-0.15, -0.1) is 0 Å². The third-order valence-electron chi connectivity index (χ3n) is 6.77.